The normalized spacial score (nSPS) is 18.6. The standard InChI is InChI=1S/C19H23F3N6O/c1-29-18-23-7-4-13(26-18)11-27-8-5-15(6-9-27)28(14-2-3-14)17-10-16(19(20,21)22)24-12-25-17/h4,7,10,12,14-15H,2-3,5-6,8-9,11H2,1H3. The van der Waals surface area contributed by atoms with E-state index in [-0.39, 0.29) is 12.1 Å². The van der Waals surface area contributed by atoms with Crippen LogP contribution in [-0.4, -0.2) is 57.1 Å². The van der Waals surface area contributed by atoms with Gasteiger partial charge in [-0.3, -0.25) is 4.90 Å². The van der Waals surface area contributed by atoms with Crippen LogP contribution in [0.3, 0.4) is 0 Å². The van der Waals surface area contributed by atoms with Crippen LogP contribution in [0.1, 0.15) is 37.1 Å². The van der Waals surface area contributed by atoms with Gasteiger partial charge in [0.2, 0.25) is 0 Å². The fourth-order valence-electron chi connectivity index (χ4n) is 3.82. The number of piperidine rings is 1. The molecule has 0 bridgehead atoms. The Hall–Kier alpha value is -2.49. The van der Waals surface area contributed by atoms with E-state index >= 15 is 0 Å². The Morgan fingerprint density at radius 2 is 1.83 bits per heavy atom. The number of alkyl halides is 3. The zero-order valence-corrected chi connectivity index (χ0v) is 16.1. The first-order valence-corrected chi connectivity index (χ1v) is 9.70. The Morgan fingerprint density at radius 1 is 1.10 bits per heavy atom. The lowest BCUT2D eigenvalue weighted by Gasteiger charge is -2.39. The molecule has 1 saturated heterocycles. The van der Waals surface area contributed by atoms with Crippen LogP contribution in [0.2, 0.25) is 0 Å². The average Bonchev–Trinajstić information content (AvgIpc) is 3.54. The molecule has 1 aliphatic carbocycles. The van der Waals surface area contributed by atoms with Crippen LogP contribution >= 0.6 is 0 Å². The molecule has 7 nitrogen and oxygen atoms in total. The Labute approximate surface area is 166 Å². The molecule has 4 rings (SSSR count). The SMILES string of the molecule is COc1nccc(CN2CCC(N(c3cc(C(F)(F)F)ncn3)C3CC3)CC2)n1. The molecule has 0 aromatic carbocycles. The molecule has 2 fully saturated rings. The fraction of sp³-hybridized carbons (Fsp3) is 0.579. The van der Waals surface area contributed by atoms with E-state index in [0.29, 0.717) is 18.4 Å². The highest BCUT2D eigenvalue weighted by Crippen LogP contribution is 2.37. The number of aromatic nitrogens is 4. The second kappa shape index (κ2) is 8.10. The van der Waals surface area contributed by atoms with Crippen LogP contribution in [0.25, 0.3) is 0 Å². The minimum atomic E-state index is -4.46. The molecule has 0 N–H and O–H groups in total. The number of anilines is 1. The first-order chi connectivity index (χ1) is 13.9. The summed E-state index contributed by atoms with van der Waals surface area (Å²) in [4.78, 5) is 20.3. The van der Waals surface area contributed by atoms with Gasteiger partial charge < -0.3 is 9.64 Å². The van der Waals surface area contributed by atoms with E-state index < -0.39 is 11.9 Å². The Balaban J connectivity index is 1.42. The molecule has 29 heavy (non-hydrogen) atoms. The Kier molecular flexibility index (Phi) is 5.53. The summed E-state index contributed by atoms with van der Waals surface area (Å²) in [6.07, 6.45) is 1.95. The first kappa shape index (κ1) is 19.8. The lowest BCUT2D eigenvalue weighted by Crippen LogP contribution is -2.46. The minimum Gasteiger partial charge on any atom is -0.467 e. The van der Waals surface area contributed by atoms with Crippen molar-refractivity contribution < 1.29 is 17.9 Å². The van der Waals surface area contributed by atoms with Gasteiger partial charge in [-0.1, -0.05) is 0 Å². The number of ether oxygens (including phenoxy) is 1. The summed E-state index contributed by atoms with van der Waals surface area (Å²) in [6.45, 7) is 2.38. The lowest BCUT2D eigenvalue weighted by atomic mass is 10.0. The van der Waals surface area contributed by atoms with Crippen LogP contribution in [0.15, 0.2) is 24.7 Å². The van der Waals surface area contributed by atoms with E-state index in [2.05, 4.69) is 29.7 Å². The molecule has 3 heterocycles. The van der Waals surface area contributed by atoms with Gasteiger partial charge in [0, 0.05) is 44.0 Å². The molecule has 1 saturated carbocycles. The van der Waals surface area contributed by atoms with Gasteiger partial charge in [0.25, 0.3) is 0 Å². The highest BCUT2D eigenvalue weighted by molar-refractivity contribution is 5.44. The maximum Gasteiger partial charge on any atom is 0.433 e. The van der Waals surface area contributed by atoms with E-state index in [4.69, 9.17) is 4.74 Å². The van der Waals surface area contributed by atoms with Gasteiger partial charge in [-0.25, -0.2) is 15.0 Å². The van der Waals surface area contributed by atoms with Crippen molar-refractivity contribution in [3.05, 3.63) is 36.0 Å². The summed E-state index contributed by atoms with van der Waals surface area (Å²) < 4.78 is 44.3. The van der Waals surface area contributed by atoms with Gasteiger partial charge in [0.15, 0.2) is 0 Å². The summed E-state index contributed by atoms with van der Waals surface area (Å²) in [5.41, 5.74) is 0.00302. The number of hydrogen-bond donors (Lipinski definition) is 0. The molecule has 2 aromatic rings. The number of halogens is 3. The third-order valence-electron chi connectivity index (χ3n) is 5.36. The van der Waals surface area contributed by atoms with Crippen molar-refractivity contribution in [2.75, 3.05) is 25.1 Å². The molecule has 0 atom stereocenters. The summed E-state index contributed by atoms with van der Waals surface area (Å²) in [5.74, 6) is 0.383. The van der Waals surface area contributed by atoms with Gasteiger partial charge >= 0.3 is 12.2 Å². The smallest absolute Gasteiger partial charge is 0.433 e. The van der Waals surface area contributed by atoms with Gasteiger partial charge in [-0.05, 0) is 31.7 Å². The van der Waals surface area contributed by atoms with Crippen molar-refractivity contribution in [1.82, 2.24) is 24.8 Å². The molecule has 1 aliphatic heterocycles. The van der Waals surface area contributed by atoms with Gasteiger partial charge in [-0.15, -0.1) is 0 Å². The Bertz CT molecular complexity index is 837. The van der Waals surface area contributed by atoms with E-state index in [9.17, 15) is 13.2 Å². The number of nitrogens with zero attached hydrogens (tertiary/aromatic N) is 6. The summed E-state index contributed by atoms with van der Waals surface area (Å²) in [7, 11) is 1.54. The maximum atomic E-state index is 13.1. The van der Waals surface area contributed by atoms with Crippen molar-refractivity contribution >= 4 is 5.82 Å². The largest absolute Gasteiger partial charge is 0.467 e. The highest BCUT2D eigenvalue weighted by atomic mass is 19.4. The van der Waals surface area contributed by atoms with Crippen molar-refractivity contribution in [1.29, 1.82) is 0 Å². The fourth-order valence-corrected chi connectivity index (χ4v) is 3.82. The Morgan fingerprint density at radius 3 is 2.48 bits per heavy atom. The monoisotopic (exact) mass is 408 g/mol. The quantitative estimate of drug-likeness (QED) is 0.728. The van der Waals surface area contributed by atoms with Crippen molar-refractivity contribution in [3.8, 4) is 6.01 Å². The number of methoxy groups -OCH3 is 1. The van der Waals surface area contributed by atoms with Gasteiger partial charge in [0.05, 0.1) is 12.8 Å². The number of likely N-dealkylation sites (tertiary alicyclic amines) is 1. The van der Waals surface area contributed by atoms with E-state index in [0.717, 1.165) is 56.9 Å². The van der Waals surface area contributed by atoms with Crippen LogP contribution in [0.4, 0.5) is 19.0 Å². The summed E-state index contributed by atoms with van der Waals surface area (Å²) in [6, 6.07) is 3.74. The second-order valence-electron chi connectivity index (χ2n) is 7.44. The molecule has 0 unspecified atom stereocenters. The molecule has 0 radical (unpaired) electrons. The molecule has 156 valence electrons. The molecular formula is C19H23F3N6O. The zero-order valence-electron chi connectivity index (χ0n) is 16.1. The van der Waals surface area contributed by atoms with Crippen LogP contribution < -0.4 is 9.64 Å². The molecule has 0 spiro atoms. The zero-order chi connectivity index (χ0) is 20.4. The molecule has 10 heteroatoms. The van der Waals surface area contributed by atoms with E-state index in [1.54, 1.807) is 6.20 Å². The molecule has 2 aliphatic rings. The predicted molar refractivity (Wildman–Crippen MR) is 99.4 cm³/mol. The predicted octanol–water partition coefficient (Wildman–Crippen LogP) is 2.93. The lowest BCUT2D eigenvalue weighted by molar-refractivity contribution is -0.141. The second-order valence-corrected chi connectivity index (χ2v) is 7.44. The number of rotatable bonds is 6. The minimum absolute atomic E-state index is 0.176. The van der Waals surface area contributed by atoms with E-state index in [1.165, 1.54) is 7.11 Å². The van der Waals surface area contributed by atoms with Crippen molar-refractivity contribution in [2.45, 2.75) is 50.5 Å². The van der Waals surface area contributed by atoms with Crippen LogP contribution in [0.5, 0.6) is 6.01 Å². The van der Waals surface area contributed by atoms with Gasteiger partial charge in [0.1, 0.15) is 17.8 Å². The molecule has 0 amide bonds. The topological polar surface area (TPSA) is 67.3 Å². The van der Waals surface area contributed by atoms with Crippen LogP contribution in [-0.2, 0) is 12.7 Å². The number of hydrogen-bond acceptors (Lipinski definition) is 7. The average molecular weight is 408 g/mol. The third kappa shape index (κ3) is 4.75. The molecular weight excluding hydrogens is 385 g/mol. The van der Waals surface area contributed by atoms with E-state index in [1.807, 2.05) is 6.07 Å². The molecule has 2 aromatic heterocycles. The van der Waals surface area contributed by atoms with Crippen LogP contribution in [0, 0.1) is 0 Å². The van der Waals surface area contributed by atoms with Gasteiger partial charge in [-0.2, -0.15) is 18.2 Å². The van der Waals surface area contributed by atoms with Crippen molar-refractivity contribution in [2.24, 2.45) is 0 Å². The third-order valence-corrected chi connectivity index (χ3v) is 5.36. The maximum absolute atomic E-state index is 13.1. The first-order valence-electron chi connectivity index (χ1n) is 9.70. The highest BCUT2D eigenvalue weighted by Gasteiger charge is 2.38. The summed E-state index contributed by atoms with van der Waals surface area (Å²) in [5, 5.41) is 0. The summed E-state index contributed by atoms with van der Waals surface area (Å²) >= 11 is 0. The van der Waals surface area contributed by atoms with Crippen molar-refractivity contribution in [3.63, 3.8) is 0 Å².